The average Bonchev–Trinajstić information content (AvgIpc) is 2.67. The zero-order chi connectivity index (χ0) is 19.9. The molecule has 1 heterocycles. The van der Waals surface area contributed by atoms with E-state index in [1.807, 2.05) is 24.3 Å². The summed E-state index contributed by atoms with van der Waals surface area (Å²) in [5, 5.41) is 5.77. The number of hydrogen-bond donors (Lipinski definition) is 1. The number of piperazine rings is 1. The van der Waals surface area contributed by atoms with Gasteiger partial charge in [0.15, 0.2) is 0 Å². The van der Waals surface area contributed by atoms with Gasteiger partial charge in [-0.05, 0) is 29.8 Å². The van der Waals surface area contributed by atoms with Gasteiger partial charge in [0.05, 0.1) is 17.8 Å². The van der Waals surface area contributed by atoms with Crippen molar-refractivity contribution < 1.29 is 4.79 Å². The maximum Gasteiger partial charge on any atom is 0.254 e. The quantitative estimate of drug-likeness (QED) is 0.548. The first kappa shape index (κ1) is 21.1. The predicted octanol–water partition coefficient (Wildman–Crippen LogP) is 3.91. The highest BCUT2D eigenvalue weighted by Crippen LogP contribution is 2.19. The molecule has 0 atom stereocenters. The van der Waals surface area contributed by atoms with Crippen LogP contribution in [0.3, 0.4) is 0 Å². The molecule has 1 saturated heterocycles. The fourth-order valence-corrected chi connectivity index (χ4v) is 3.56. The Morgan fingerprint density at radius 3 is 2.29 bits per heavy atom. The third kappa shape index (κ3) is 6.47. The van der Waals surface area contributed by atoms with E-state index in [0.29, 0.717) is 22.2 Å². The van der Waals surface area contributed by atoms with Gasteiger partial charge in [-0.15, -0.1) is 0 Å². The van der Waals surface area contributed by atoms with E-state index in [1.54, 1.807) is 18.2 Å². The van der Waals surface area contributed by atoms with Crippen LogP contribution >= 0.6 is 34.8 Å². The van der Waals surface area contributed by atoms with Gasteiger partial charge in [-0.3, -0.25) is 14.6 Å². The van der Waals surface area contributed by atoms with E-state index in [1.165, 1.54) is 11.8 Å². The molecule has 3 rings (SSSR count). The molecule has 0 radical (unpaired) electrons. The second-order valence-corrected chi connectivity index (χ2v) is 7.92. The number of hydrazone groups is 1. The van der Waals surface area contributed by atoms with Crippen LogP contribution in [0, 0.1) is 0 Å². The Hall–Kier alpha value is -1.63. The van der Waals surface area contributed by atoms with Crippen LogP contribution in [0.15, 0.2) is 47.6 Å². The molecule has 1 aliphatic rings. The first-order valence-electron chi connectivity index (χ1n) is 8.96. The second kappa shape index (κ2) is 10.2. The summed E-state index contributed by atoms with van der Waals surface area (Å²) in [4.78, 5) is 16.6. The topological polar surface area (TPSA) is 47.9 Å². The summed E-state index contributed by atoms with van der Waals surface area (Å²) in [6.45, 7) is 4.73. The average molecular weight is 440 g/mol. The summed E-state index contributed by atoms with van der Waals surface area (Å²) in [7, 11) is 0. The monoisotopic (exact) mass is 438 g/mol. The summed E-state index contributed by atoms with van der Waals surface area (Å²) in [5.41, 5.74) is 4.49. The summed E-state index contributed by atoms with van der Waals surface area (Å²) in [6, 6.07) is 13.0. The van der Waals surface area contributed by atoms with Gasteiger partial charge in [0.25, 0.3) is 5.91 Å². The lowest BCUT2D eigenvalue weighted by Gasteiger charge is -2.34. The van der Waals surface area contributed by atoms with Gasteiger partial charge in [-0.2, -0.15) is 5.10 Å². The highest BCUT2D eigenvalue weighted by Gasteiger charge is 2.18. The number of amides is 1. The highest BCUT2D eigenvalue weighted by atomic mass is 35.5. The Morgan fingerprint density at radius 2 is 1.61 bits per heavy atom. The van der Waals surface area contributed by atoms with E-state index >= 15 is 0 Å². The Kier molecular flexibility index (Phi) is 7.71. The first-order valence-corrected chi connectivity index (χ1v) is 10.1. The van der Waals surface area contributed by atoms with E-state index in [-0.39, 0.29) is 5.91 Å². The molecule has 2 aromatic rings. The van der Waals surface area contributed by atoms with Gasteiger partial charge in [0.1, 0.15) is 0 Å². The van der Waals surface area contributed by atoms with Gasteiger partial charge < -0.3 is 0 Å². The zero-order valence-corrected chi connectivity index (χ0v) is 17.5. The number of nitrogens with zero attached hydrogens (tertiary/aromatic N) is 3. The SMILES string of the molecule is O=C(CN1CCN(Cc2ccc(Cl)cc2)CC1)NN=Cc1ccc(Cl)cc1Cl. The van der Waals surface area contributed by atoms with Gasteiger partial charge in [0.2, 0.25) is 0 Å². The molecule has 2 aromatic carbocycles. The maximum absolute atomic E-state index is 12.1. The minimum absolute atomic E-state index is 0.146. The van der Waals surface area contributed by atoms with Crippen molar-refractivity contribution in [1.82, 2.24) is 15.2 Å². The van der Waals surface area contributed by atoms with Gasteiger partial charge in [-0.25, -0.2) is 5.43 Å². The van der Waals surface area contributed by atoms with E-state index in [4.69, 9.17) is 34.8 Å². The molecule has 0 unspecified atom stereocenters. The van der Waals surface area contributed by atoms with Crippen molar-refractivity contribution in [3.63, 3.8) is 0 Å². The van der Waals surface area contributed by atoms with Crippen LogP contribution in [-0.2, 0) is 11.3 Å². The van der Waals surface area contributed by atoms with E-state index in [2.05, 4.69) is 20.3 Å². The Labute approximate surface area is 179 Å². The summed E-state index contributed by atoms with van der Waals surface area (Å²) in [5.74, 6) is -0.146. The van der Waals surface area contributed by atoms with Gasteiger partial charge in [-0.1, -0.05) is 53.0 Å². The summed E-state index contributed by atoms with van der Waals surface area (Å²) >= 11 is 17.9. The third-order valence-corrected chi connectivity index (χ3v) is 5.32. The molecule has 1 fully saturated rings. The smallest absolute Gasteiger partial charge is 0.254 e. The van der Waals surface area contributed by atoms with Crippen LogP contribution in [-0.4, -0.2) is 54.6 Å². The van der Waals surface area contributed by atoms with Crippen molar-refractivity contribution >= 4 is 46.9 Å². The fourth-order valence-electron chi connectivity index (χ4n) is 2.97. The normalized spacial score (nSPS) is 15.8. The van der Waals surface area contributed by atoms with Crippen molar-refractivity contribution in [2.24, 2.45) is 5.10 Å². The van der Waals surface area contributed by atoms with Crippen LogP contribution in [0.2, 0.25) is 15.1 Å². The Balaban J connectivity index is 1.39. The van der Waals surface area contributed by atoms with Gasteiger partial charge >= 0.3 is 0 Å². The van der Waals surface area contributed by atoms with Crippen molar-refractivity contribution in [1.29, 1.82) is 0 Å². The Bertz CT molecular complexity index is 834. The minimum atomic E-state index is -0.146. The highest BCUT2D eigenvalue weighted by molar-refractivity contribution is 6.36. The largest absolute Gasteiger partial charge is 0.297 e. The standard InChI is InChI=1S/C20H21Cl3N4O/c21-17-4-1-15(2-5-17)13-26-7-9-27(10-8-26)14-20(28)25-24-12-16-3-6-18(22)11-19(16)23/h1-6,11-12H,7-10,13-14H2,(H,25,28). The van der Waals surface area contributed by atoms with Crippen molar-refractivity contribution in [3.05, 3.63) is 68.7 Å². The molecule has 28 heavy (non-hydrogen) atoms. The second-order valence-electron chi connectivity index (χ2n) is 6.64. The fraction of sp³-hybridized carbons (Fsp3) is 0.300. The minimum Gasteiger partial charge on any atom is -0.297 e. The lowest BCUT2D eigenvalue weighted by molar-refractivity contribution is -0.122. The molecule has 0 saturated carbocycles. The number of carbonyl (C=O) groups excluding carboxylic acids is 1. The number of hydrogen-bond acceptors (Lipinski definition) is 4. The molecule has 1 N–H and O–H groups in total. The molecule has 0 aliphatic carbocycles. The zero-order valence-electron chi connectivity index (χ0n) is 15.2. The first-order chi connectivity index (χ1) is 13.5. The number of nitrogens with one attached hydrogen (secondary N) is 1. The van der Waals surface area contributed by atoms with Crippen LogP contribution in [0.5, 0.6) is 0 Å². The number of rotatable bonds is 6. The summed E-state index contributed by atoms with van der Waals surface area (Å²) in [6.07, 6.45) is 1.51. The van der Waals surface area contributed by atoms with Crippen LogP contribution in [0.1, 0.15) is 11.1 Å². The number of halogens is 3. The lowest BCUT2D eigenvalue weighted by atomic mass is 10.2. The molecule has 148 valence electrons. The molecule has 8 heteroatoms. The predicted molar refractivity (Wildman–Crippen MR) is 115 cm³/mol. The van der Waals surface area contributed by atoms with Crippen LogP contribution in [0.25, 0.3) is 0 Å². The molecule has 0 bridgehead atoms. The number of benzene rings is 2. The molecule has 5 nitrogen and oxygen atoms in total. The van der Waals surface area contributed by atoms with Crippen molar-refractivity contribution in [2.75, 3.05) is 32.7 Å². The molecule has 0 spiro atoms. The summed E-state index contributed by atoms with van der Waals surface area (Å²) < 4.78 is 0. The molecule has 1 amide bonds. The molecular formula is C20H21Cl3N4O. The van der Waals surface area contributed by atoms with Crippen LogP contribution in [0.4, 0.5) is 0 Å². The lowest BCUT2D eigenvalue weighted by Crippen LogP contribution is -2.48. The van der Waals surface area contributed by atoms with Crippen LogP contribution < -0.4 is 5.43 Å². The van der Waals surface area contributed by atoms with E-state index in [0.717, 1.165) is 37.7 Å². The van der Waals surface area contributed by atoms with Crippen molar-refractivity contribution in [2.45, 2.75) is 6.54 Å². The third-order valence-electron chi connectivity index (χ3n) is 4.51. The molecular weight excluding hydrogens is 419 g/mol. The molecule has 0 aromatic heterocycles. The molecule has 1 aliphatic heterocycles. The van der Waals surface area contributed by atoms with Gasteiger partial charge in [0, 0.05) is 48.3 Å². The van der Waals surface area contributed by atoms with Crippen molar-refractivity contribution in [3.8, 4) is 0 Å². The maximum atomic E-state index is 12.1. The van der Waals surface area contributed by atoms with E-state index in [9.17, 15) is 4.79 Å². The number of carbonyl (C=O) groups is 1. The Morgan fingerprint density at radius 1 is 0.964 bits per heavy atom. The van der Waals surface area contributed by atoms with E-state index < -0.39 is 0 Å².